The van der Waals surface area contributed by atoms with Crippen molar-refractivity contribution in [1.29, 1.82) is 0 Å². The molecule has 0 fully saturated rings. The van der Waals surface area contributed by atoms with Gasteiger partial charge in [0, 0.05) is 5.69 Å². The van der Waals surface area contributed by atoms with Crippen molar-refractivity contribution in [2.75, 3.05) is 11.9 Å². The molecule has 0 unspecified atom stereocenters. The minimum atomic E-state index is -0.702. The van der Waals surface area contributed by atoms with Gasteiger partial charge in [-0.25, -0.2) is 4.39 Å². The number of hydrogen-bond donors (Lipinski definition) is 3. The lowest BCUT2D eigenvalue weighted by Crippen LogP contribution is -2.43. The number of aryl methyl sites for hydroxylation is 1. The van der Waals surface area contributed by atoms with E-state index in [-0.39, 0.29) is 24.2 Å². The third-order valence-electron chi connectivity index (χ3n) is 4.69. The normalized spacial score (nSPS) is 11.0. The minimum Gasteiger partial charge on any atom is -0.346 e. The first kappa shape index (κ1) is 25.7. The lowest BCUT2D eigenvalue weighted by atomic mass is 10.0. The Bertz CT molecular complexity index is 990. The summed E-state index contributed by atoms with van der Waals surface area (Å²) in [5.74, 6) is -0.931. The number of benzene rings is 3. The van der Waals surface area contributed by atoms with E-state index in [2.05, 4.69) is 24.5 Å². The topological polar surface area (TPSA) is 84.2 Å². The number of para-hydroxylation sites is 1. The maximum absolute atomic E-state index is 13.0. The van der Waals surface area contributed by atoms with Crippen molar-refractivity contribution in [2.45, 2.75) is 39.2 Å². The Morgan fingerprint density at radius 2 is 1.42 bits per heavy atom. The summed E-state index contributed by atoms with van der Waals surface area (Å²) in [5, 5.41) is 5.27. The molecule has 5 nitrogen and oxygen atoms in total. The zero-order chi connectivity index (χ0) is 24.1. The highest BCUT2D eigenvalue weighted by atomic mass is 19.1. The zero-order valence-electron chi connectivity index (χ0n) is 19.2. The summed E-state index contributed by atoms with van der Waals surface area (Å²) in [6.45, 7) is 4.12. The van der Waals surface area contributed by atoms with Gasteiger partial charge in [-0.3, -0.25) is 9.59 Å². The second-order valence-electron chi connectivity index (χ2n) is 7.69. The van der Waals surface area contributed by atoms with Gasteiger partial charge >= 0.3 is 0 Å². The van der Waals surface area contributed by atoms with Crippen LogP contribution < -0.4 is 16.4 Å². The monoisotopic (exact) mass is 449 g/mol. The van der Waals surface area contributed by atoms with Crippen molar-refractivity contribution in [1.82, 2.24) is 5.32 Å². The van der Waals surface area contributed by atoms with Gasteiger partial charge in [0.25, 0.3) is 0 Å². The molecule has 3 rings (SSSR count). The van der Waals surface area contributed by atoms with E-state index in [1.165, 1.54) is 18.6 Å². The van der Waals surface area contributed by atoms with Crippen LogP contribution in [-0.4, -0.2) is 24.4 Å². The highest BCUT2D eigenvalue weighted by molar-refractivity contribution is 5.95. The van der Waals surface area contributed by atoms with Crippen LogP contribution in [0.2, 0.25) is 0 Å². The minimum absolute atomic E-state index is 0.131. The van der Waals surface area contributed by atoms with Crippen LogP contribution in [0.25, 0.3) is 11.1 Å². The second-order valence-corrected chi connectivity index (χ2v) is 7.69. The van der Waals surface area contributed by atoms with Crippen LogP contribution in [0.3, 0.4) is 0 Å². The van der Waals surface area contributed by atoms with Crippen LogP contribution in [0.15, 0.2) is 78.9 Å². The van der Waals surface area contributed by atoms with Crippen molar-refractivity contribution < 1.29 is 14.0 Å². The van der Waals surface area contributed by atoms with E-state index in [9.17, 15) is 14.0 Å². The molecule has 0 bridgehead atoms. The van der Waals surface area contributed by atoms with Crippen LogP contribution in [-0.2, 0) is 16.0 Å². The maximum Gasteiger partial charge on any atom is 0.243 e. The highest BCUT2D eigenvalue weighted by Gasteiger charge is 2.14. The van der Waals surface area contributed by atoms with Crippen molar-refractivity contribution in [3.8, 4) is 11.1 Å². The molecule has 6 heteroatoms. The zero-order valence-corrected chi connectivity index (χ0v) is 19.2. The molecule has 1 atom stereocenters. The van der Waals surface area contributed by atoms with Gasteiger partial charge in [0.15, 0.2) is 0 Å². The van der Waals surface area contributed by atoms with Gasteiger partial charge in [0.1, 0.15) is 5.82 Å². The summed E-state index contributed by atoms with van der Waals surface area (Å²) in [4.78, 5) is 24.0. The lowest BCUT2D eigenvalue weighted by molar-refractivity contribution is -0.125. The number of nitrogens with one attached hydrogen (secondary N) is 2. The Labute approximate surface area is 195 Å². The summed E-state index contributed by atoms with van der Waals surface area (Å²) in [7, 11) is 0. The lowest BCUT2D eigenvalue weighted by Gasteiger charge is -2.12. The number of amides is 2. The molecule has 3 aromatic carbocycles. The molecular weight excluding hydrogens is 417 g/mol. The van der Waals surface area contributed by atoms with Gasteiger partial charge in [-0.2, -0.15) is 0 Å². The fourth-order valence-electron chi connectivity index (χ4n) is 2.98. The third kappa shape index (κ3) is 9.25. The molecule has 0 radical (unpaired) electrons. The molecule has 0 aromatic heterocycles. The van der Waals surface area contributed by atoms with Crippen LogP contribution in [0, 0.1) is 5.82 Å². The van der Waals surface area contributed by atoms with Gasteiger partial charge in [-0.1, -0.05) is 74.9 Å². The van der Waals surface area contributed by atoms with E-state index < -0.39 is 6.04 Å². The van der Waals surface area contributed by atoms with E-state index >= 15 is 0 Å². The summed E-state index contributed by atoms with van der Waals surface area (Å²) in [6, 6.07) is 22.5. The van der Waals surface area contributed by atoms with Crippen LogP contribution in [0.1, 0.15) is 32.3 Å². The van der Waals surface area contributed by atoms with E-state index in [4.69, 9.17) is 5.73 Å². The number of rotatable bonds is 8. The fraction of sp³-hybridized carbons (Fsp3) is 0.259. The first-order valence-electron chi connectivity index (χ1n) is 11.2. The summed E-state index contributed by atoms with van der Waals surface area (Å²) < 4.78 is 13.0. The average molecular weight is 450 g/mol. The van der Waals surface area contributed by atoms with Crippen molar-refractivity contribution >= 4 is 17.5 Å². The summed E-state index contributed by atoms with van der Waals surface area (Å²) >= 11 is 0. The third-order valence-corrected chi connectivity index (χ3v) is 4.69. The van der Waals surface area contributed by atoms with Gasteiger partial charge in [0.2, 0.25) is 11.8 Å². The molecule has 0 aliphatic rings. The first-order chi connectivity index (χ1) is 15.9. The predicted octanol–water partition coefficient (Wildman–Crippen LogP) is 4.92. The Kier molecular flexibility index (Phi) is 10.8. The number of halogens is 1. The maximum atomic E-state index is 13.0. The highest BCUT2D eigenvalue weighted by Crippen LogP contribution is 2.20. The Morgan fingerprint density at radius 1 is 0.879 bits per heavy atom. The number of anilines is 1. The van der Waals surface area contributed by atoms with Gasteiger partial charge in [-0.15, -0.1) is 0 Å². The second kappa shape index (κ2) is 13.8. The van der Waals surface area contributed by atoms with Crippen molar-refractivity contribution in [3.63, 3.8) is 0 Å². The summed E-state index contributed by atoms with van der Waals surface area (Å²) in [5.41, 5.74) is 9.61. The molecule has 0 saturated carbocycles. The predicted molar refractivity (Wildman–Crippen MR) is 132 cm³/mol. The molecule has 2 amide bonds. The number of hydrogen-bond acceptors (Lipinski definition) is 3. The number of carbonyl (C=O) groups is 2. The SMILES string of the molecule is CCC.N[C@@H](CCc1ccc(-c2ccc(F)cc2)cc1)C(=O)NCC(=O)Nc1ccccc1. The molecule has 3 aromatic rings. The number of nitrogens with two attached hydrogens (primary N) is 1. The molecule has 0 saturated heterocycles. The molecule has 0 aliphatic carbocycles. The standard InChI is InChI=1S/C24H24FN3O2.C3H8/c25-20-13-11-19(12-14-20)18-9-6-17(7-10-18)8-15-22(26)24(30)27-16-23(29)28-21-4-2-1-3-5-21;1-3-2/h1-7,9-14,22H,8,15-16,26H2,(H,27,30)(H,28,29);3H2,1-2H3/t22-;/m0./s1. The van der Waals surface area contributed by atoms with E-state index in [0.717, 1.165) is 16.7 Å². The van der Waals surface area contributed by atoms with Crippen molar-refractivity contribution in [3.05, 3.63) is 90.2 Å². The van der Waals surface area contributed by atoms with Gasteiger partial charge in [-0.05, 0) is 53.8 Å². The Balaban J connectivity index is 0.00000122. The van der Waals surface area contributed by atoms with Crippen LogP contribution in [0.5, 0.6) is 0 Å². The Hall–Kier alpha value is -3.51. The largest absolute Gasteiger partial charge is 0.346 e. The van der Waals surface area contributed by atoms with E-state index in [1.807, 2.05) is 42.5 Å². The van der Waals surface area contributed by atoms with E-state index in [1.54, 1.807) is 24.3 Å². The molecule has 33 heavy (non-hydrogen) atoms. The molecule has 4 N–H and O–H groups in total. The molecule has 174 valence electrons. The smallest absolute Gasteiger partial charge is 0.243 e. The van der Waals surface area contributed by atoms with Gasteiger partial charge < -0.3 is 16.4 Å². The Morgan fingerprint density at radius 3 is 2.00 bits per heavy atom. The number of carbonyl (C=O) groups excluding carboxylic acids is 2. The first-order valence-corrected chi connectivity index (χ1v) is 11.2. The average Bonchev–Trinajstić information content (AvgIpc) is 2.83. The van der Waals surface area contributed by atoms with Crippen LogP contribution >= 0.6 is 0 Å². The van der Waals surface area contributed by atoms with Crippen LogP contribution in [0.4, 0.5) is 10.1 Å². The fourth-order valence-corrected chi connectivity index (χ4v) is 2.98. The summed E-state index contributed by atoms with van der Waals surface area (Å²) in [6.07, 6.45) is 2.34. The molecule has 0 spiro atoms. The molecule has 0 heterocycles. The van der Waals surface area contributed by atoms with Gasteiger partial charge in [0.05, 0.1) is 12.6 Å². The van der Waals surface area contributed by atoms with E-state index in [0.29, 0.717) is 18.5 Å². The molecular formula is C27H32FN3O2. The quantitative estimate of drug-likeness (QED) is 0.456. The molecule has 0 aliphatic heterocycles. The van der Waals surface area contributed by atoms with Crippen molar-refractivity contribution in [2.24, 2.45) is 5.73 Å².